The quantitative estimate of drug-likeness (QED) is 0.507. The van der Waals surface area contributed by atoms with Gasteiger partial charge in [-0.2, -0.15) is 0 Å². The van der Waals surface area contributed by atoms with Crippen molar-refractivity contribution < 1.29 is 4.79 Å². The van der Waals surface area contributed by atoms with Crippen LogP contribution in [0.4, 0.5) is 0 Å². The molecule has 0 radical (unpaired) electrons. The Labute approximate surface area is 170 Å². The standard InChI is InChI=1S/C19H20N6OS2/c1-11-9-27-19(22-11)18-17(12-4-5-13-14(6-12)28-10-21-13)23-15(24-18)7-20-16(26)8-25(2)3/h4-6,9-10H,7-8H2,1-3H3,(H,20,26)(H,23,24). The lowest BCUT2D eigenvalue weighted by atomic mass is 10.1. The molecule has 0 aliphatic heterocycles. The maximum atomic E-state index is 12.0. The van der Waals surface area contributed by atoms with Crippen molar-refractivity contribution in [1.29, 1.82) is 0 Å². The minimum atomic E-state index is -0.0410. The number of aromatic nitrogens is 4. The van der Waals surface area contributed by atoms with Gasteiger partial charge in [0, 0.05) is 16.6 Å². The predicted molar refractivity (Wildman–Crippen MR) is 113 cm³/mol. The molecule has 0 unspecified atom stereocenters. The van der Waals surface area contributed by atoms with E-state index in [1.165, 1.54) is 0 Å². The number of hydrogen-bond donors (Lipinski definition) is 2. The number of fused-ring (bicyclic) bond motifs is 1. The highest BCUT2D eigenvalue weighted by atomic mass is 32.1. The van der Waals surface area contributed by atoms with E-state index in [-0.39, 0.29) is 5.91 Å². The van der Waals surface area contributed by atoms with Gasteiger partial charge in [-0.3, -0.25) is 4.79 Å². The van der Waals surface area contributed by atoms with Crippen molar-refractivity contribution in [3.63, 3.8) is 0 Å². The van der Waals surface area contributed by atoms with Gasteiger partial charge in [0.05, 0.1) is 34.5 Å². The normalized spacial score (nSPS) is 11.4. The van der Waals surface area contributed by atoms with Crippen LogP contribution in [0.15, 0.2) is 29.1 Å². The summed E-state index contributed by atoms with van der Waals surface area (Å²) in [7, 11) is 3.73. The number of aromatic amines is 1. The molecule has 0 aliphatic carbocycles. The molecule has 144 valence electrons. The first-order chi connectivity index (χ1) is 13.5. The van der Waals surface area contributed by atoms with Crippen LogP contribution in [0, 0.1) is 6.92 Å². The second-order valence-electron chi connectivity index (χ2n) is 6.75. The van der Waals surface area contributed by atoms with Crippen LogP contribution in [0.1, 0.15) is 11.5 Å². The minimum Gasteiger partial charge on any atom is -0.348 e. The third-order valence-electron chi connectivity index (χ3n) is 4.11. The number of carbonyl (C=O) groups is 1. The van der Waals surface area contributed by atoms with Crippen molar-refractivity contribution in [2.24, 2.45) is 0 Å². The molecule has 4 aromatic rings. The van der Waals surface area contributed by atoms with E-state index in [1.54, 1.807) is 22.7 Å². The molecule has 0 bridgehead atoms. The van der Waals surface area contributed by atoms with E-state index in [4.69, 9.17) is 4.98 Å². The number of benzene rings is 1. The molecule has 0 fully saturated rings. The topological polar surface area (TPSA) is 86.8 Å². The van der Waals surface area contributed by atoms with E-state index in [9.17, 15) is 4.79 Å². The molecule has 1 aromatic carbocycles. The number of imidazole rings is 1. The van der Waals surface area contributed by atoms with Crippen molar-refractivity contribution >= 4 is 38.8 Å². The van der Waals surface area contributed by atoms with E-state index < -0.39 is 0 Å². The number of nitrogens with zero attached hydrogens (tertiary/aromatic N) is 4. The summed E-state index contributed by atoms with van der Waals surface area (Å²) in [4.78, 5) is 30.9. The number of H-pyrrole nitrogens is 1. The number of hydrogen-bond acceptors (Lipinski definition) is 7. The summed E-state index contributed by atoms with van der Waals surface area (Å²) in [5, 5.41) is 5.78. The summed E-state index contributed by atoms with van der Waals surface area (Å²) < 4.78 is 1.12. The number of aryl methyl sites for hydroxylation is 1. The van der Waals surface area contributed by atoms with Gasteiger partial charge in [0.2, 0.25) is 5.91 Å². The summed E-state index contributed by atoms with van der Waals surface area (Å²) in [6.45, 7) is 2.65. The Kier molecular flexibility index (Phi) is 5.21. The first-order valence-electron chi connectivity index (χ1n) is 8.76. The van der Waals surface area contributed by atoms with E-state index in [1.807, 2.05) is 48.9 Å². The zero-order valence-electron chi connectivity index (χ0n) is 15.8. The molecule has 9 heteroatoms. The van der Waals surface area contributed by atoms with Crippen molar-refractivity contribution in [3.8, 4) is 22.0 Å². The summed E-state index contributed by atoms with van der Waals surface area (Å²) in [5.74, 6) is 0.662. The van der Waals surface area contributed by atoms with E-state index in [2.05, 4.69) is 26.3 Å². The van der Waals surface area contributed by atoms with Crippen LogP contribution < -0.4 is 5.32 Å². The average Bonchev–Trinajstić information content (AvgIpc) is 3.37. The molecule has 28 heavy (non-hydrogen) atoms. The lowest BCUT2D eigenvalue weighted by Gasteiger charge is -2.08. The maximum absolute atomic E-state index is 12.0. The predicted octanol–water partition coefficient (Wildman–Crippen LogP) is 3.30. The fraction of sp³-hybridized carbons (Fsp3) is 0.263. The van der Waals surface area contributed by atoms with Crippen molar-refractivity contribution in [2.45, 2.75) is 13.5 Å². The van der Waals surface area contributed by atoms with Gasteiger partial charge in [-0.15, -0.1) is 22.7 Å². The fourth-order valence-corrected chi connectivity index (χ4v) is 4.38. The largest absolute Gasteiger partial charge is 0.348 e. The highest BCUT2D eigenvalue weighted by molar-refractivity contribution is 7.16. The molecule has 3 aromatic heterocycles. The smallest absolute Gasteiger partial charge is 0.234 e. The molecule has 7 nitrogen and oxygen atoms in total. The summed E-state index contributed by atoms with van der Waals surface area (Å²) in [6.07, 6.45) is 0. The third-order valence-corrected chi connectivity index (χ3v) is 5.87. The molecular formula is C19H20N6OS2. The first-order valence-corrected chi connectivity index (χ1v) is 10.5. The molecule has 0 spiro atoms. The molecule has 1 amide bonds. The van der Waals surface area contributed by atoms with Crippen LogP contribution in [-0.2, 0) is 11.3 Å². The molecule has 3 heterocycles. The lowest BCUT2D eigenvalue weighted by molar-refractivity contribution is -0.121. The zero-order valence-corrected chi connectivity index (χ0v) is 17.4. The van der Waals surface area contributed by atoms with Gasteiger partial charge in [-0.25, -0.2) is 15.0 Å². The van der Waals surface area contributed by atoms with E-state index in [0.29, 0.717) is 18.9 Å². The number of carbonyl (C=O) groups excluding carboxylic acids is 1. The van der Waals surface area contributed by atoms with Gasteiger partial charge in [-0.05, 0) is 33.2 Å². The highest BCUT2D eigenvalue weighted by Crippen LogP contribution is 2.34. The number of likely N-dealkylation sites (N-methyl/N-ethyl adjacent to an activating group) is 1. The number of amides is 1. The Morgan fingerprint density at radius 3 is 2.86 bits per heavy atom. The van der Waals surface area contributed by atoms with Gasteiger partial charge >= 0.3 is 0 Å². The van der Waals surface area contributed by atoms with Crippen LogP contribution in [0.25, 0.3) is 32.2 Å². The SMILES string of the molecule is Cc1csc(-c2nc(CNC(=O)CN(C)C)[nH]c2-c2ccc3ncsc3c2)n1. The third kappa shape index (κ3) is 3.96. The van der Waals surface area contributed by atoms with Crippen molar-refractivity contribution in [1.82, 2.24) is 30.2 Å². The summed E-state index contributed by atoms with van der Waals surface area (Å²) in [6, 6.07) is 6.16. The first kappa shape index (κ1) is 18.7. The average molecular weight is 413 g/mol. The Balaban J connectivity index is 1.69. The van der Waals surface area contributed by atoms with Gasteiger partial charge in [-0.1, -0.05) is 6.07 Å². The summed E-state index contributed by atoms with van der Waals surface area (Å²) >= 11 is 3.17. The number of thiazole rings is 2. The number of rotatable bonds is 6. The van der Waals surface area contributed by atoms with Crippen LogP contribution in [0.3, 0.4) is 0 Å². The molecule has 4 rings (SSSR count). The second-order valence-corrected chi connectivity index (χ2v) is 8.49. The van der Waals surface area contributed by atoms with Crippen LogP contribution in [-0.4, -0.2) is 51.4 Å². The van der Waals surface area contributed by atoms with Gasteiger partial charge in [0.1, 0.15) is 16.5 Å². The highest BCUT2D eigenvalue weighted by Gasteiger charge is 2.18. The second kappa shape index (κ2) is 7.78. The molecule has 0 atom stereocenters. The minimum absolute atomic E-state index is 0.0410. The van der Waals surface area contributed by atoms with Crippen LogP contribution in [0.5, 0.6) is 0 Å². The molecule has 0 saturated heterocycles. The van der Waals surface area contributed by atoms with Crippen molar-refractivity contribution in [2.75, 3.05) is 20.6 Å². The van der Waals surface area contributed by atoms with Crippen LogP contribution >= 0.6 is 22.7 Å². The Morgan fingerprint density at radius 1 is 1.25 bits per heavy atom. The Morgan fingerprint density at radius 2 is 2.11 bits per heavy atom. The summed E-state index contributed by atoms with van der Waals surface area (Å²) in [5.41, 5.74) is 6.53. The monoisotopic (exact) mass is 412 g/mol. The van der Waals surface area contributed by atoms with Gasteiger partial charge < -0.3 is 15.2 Å². The molecular weight excluding hydrogens is 392 g/mol. The molecule has 0 saturated carbocycles. The molecule has 0 aliphatic rings. The number of nitrogens with one attached hydrogen (secondary N) is 2. The van der Waals surface area contributed by atoms with E-state index in [0.717, 1.165) is 37.9 Å². The maximum Gasteiger partial charge on any atom is 0.234 e. The lowest BCUT2D eigenvalue weighted by Crippen LogP contribution is -2.33. The Bertz CT molecular complexity index is 1130. The fourth-order valence-electron chi connectivity index (χ4n) is 2.87. The van der Waals surface area contributed by atoms with Crippen LogP contribution in [0.2, 0.25) is 0 Å². The molecule has 2 N–H and O–H groups in total. The Hall–Kier alpha value is -2.62. The van der Waals surface area contributed by atoms with Crippen molar-refractivity contribution in [3.05, 3.63) is 40.6 Å². The zero-order chi connectivity index (χ0) is 19.7. The van der Waals surface area contributed by atoms with Gasteiger partial charge in [0.25, 0.3) is 0 Å². The van der Waals surface area contributed by atoms with Gasteiger partial charge in [0.15, 0.2) is 0 Å². The van der Waals surface area contributed by atoms with E-state index >= 15 is 0 Å².